The minimum absolute atomic E-state index is 0.141. The van der Waals surface area contributed by atoms with Crippen LogP contribution in [0.5, 0.6) is 0 Å². The van der Waals surface area contributed by atoms with E-state index in [-0.39, 0.29) is 5.91 Å². The van der Waals surface area contributed by atoms with Crippen LogP contribution in [0.25, 0.3) is 11.1 Å². The topological polar surface area (TPSA) is 55.1 Å². The Balaban J connectivity index is 2.05. The molecule has 1 aliphatic heterocycles. The Morgan fingerprint density at radius 2 is 1.78 bits per heavy atom. The van der Waals surface area contributed by atoms with Crippen molar-refractivity contribution in [1.29, 1.82) is 0 Å². The van der Waals surface area contributed by atoms with E-state index in [1.165, 1.54) is 12.1 Å². The van der Waals surface area contributed by atoms with E-state index >= 15 is 0 Å². The fourth-order valence-electron chi connectivity index (χ4n) is 2.62. The predicted octanol–water partition coefficient (Wildman–Crippen LogP) is 3.98. The minimum Gasteiger partial charge on any atom is -0.397 e. The zero-order chi connectivity index (χ0) is 16.8. The lowest BCUT2D eigenvalue weighted by Crippen LogP contribution is -2.20. The number of halogens is 4. The molecule has 0 unspecified atom stereocenters. The zero-order valence-electron chi connectivity index (χ0n) is 11.8. The number of anilines is 2. The van der Waals surface area contributed by atoms with Crippen LogP contribution in [0.15, 0.2) is 30.3 Å². The maximum Gasteiger partial charge on any atom is 0.419 e. The van der Waals surface area contributed by atoms with Gasteiger partial charge < -0.3 is 11.1 Å². The lowest BCUT2D eigenvalue weighted by atomic mass is 9.95. The largest absolute Gasteiger partial charge is 0.419 e. The van der Waals surface area contributed by atoms with Gasteiger partial charge in [0.2, 0.25) is 5.91 Å². The van der Waals surface area contributed by atoms with Gasteiger partial charge in [0, 0.05) is 6.42 Å². The molecule has 0 fully saturated rings. The number of benzene rings is 2. The molecular formula is C16H12F4N2O. The van der Waals surface area contributed by atoms with Gasteiger partial charge in [-0.2, -0.15) is 13.2 Å². The Morgan fingerprint density at radius 3 is 2.43 bits per heavy atom. The van der Waals surface area contributed by atoms with E-state index in [4.69, 9.17) is 5.73 Å². The van der Waals surface area contributed by atoms with Gasteiger partial charge in [0.15, 0.2) is 0 Å². The minimum atomic E-state index is -4.73. The van der Waals surface area contributed by atoms with Gasteiger partial charge in [-0.15, -0.1) is 0 Å². The van der Waals surface area contributed by atoms with Crippen molar-refractivity contribution >= 4 is 17.3 Å². The standard InChI is InChI=1S/C16H12F4N2O/c17-12-6-8(1-3-11(12)16(18,19)20)10-5-9-2-4-14(23)22-15(9)13(21)7-10/h1,3,5-7H,2,4,21H2,(H,22,23). The molecule has 3 N–H and O–H groups in total. The van der Waals surface area contributed by atoms with E-state index in [1.54, 1.807) is 6.07 Å². The molecule has 120 valence electrons. The third kappa shape index (κ3) is 2.86. The molecule has 3 nitrogen and oxygen atoms in total. The molecule has 0 saturated carbocycles. The molecule has 1 heterocycles. The number of nitrogens with two attached hydrogens (primary N) is 1. The molecule has 0 atom stereocenters. The van der Waals surface area contributed by atoms with Gasteiger partial charge in [-0.25, -0.2) is 4.39 Å². The molecular weight excluding hydrogens is 312 g/mol. The molecule has 0 aromatic heterocycles. The molecule has 2 aromatic carbocycles. The van der Waals surface area contributed by atoms with E-state index in [9.17, 15) is 22.4 Å². The summed E-state index contributed by atoms with van der Waals surface area (Å²) in [5, 5.41) is 2.66. The van der Waals surface area contributed by atoms with Gasteiger partial charge in [-0.1, -0.05) is 6.07 Å². The number of hydrogen-bond donors (Lipinski definition) is 2. The van der Waals surface area contributed by atoms with Gasteiger partial charge in [-0.3, -0.25) is 4.79 Å². The second-order valence-electron chi connectivity index (χ2n) is 5.34. The Bertz CT molecular complexity index is 799. The number of amides is 1. The highest BCUT2D eigenvalue weighted by atomic mass is 19.4. The van der Waals surface area contributed by atoms with Crippen molar-refractivity contribution in [3.63, 3.8) is 0 Å². The summed E-state index contributed by atoms with van der Waals surface area (Å²) in [4.78, 5) is 11.4. The first-order valence-electron chi connectivity index (χ1n) is 6.85. The van der Waals surface area contributed by atoms with Crippen LogP contribution in [0.1, 0.15) is 17.5 Å². The second kappa shape index (κ2) is 5.26. The molecule has 0 radical (unpaired) electrons. The van der Waals surface area contributed by atoms with E-state index in [1.807, 2.05) is 0 Å². The van der Waals surface area contributed by atoms with Crippen LogP contribution in [0.3, 0.4) is 0 Å². The van der Waals surface area contributed by atoms with Crippen LogP contribution in [-0.4, -0.2) is 5.91 Å². The Hall–Kier alpha value is -2.57. The molecule has 0 bridgehead atoms. The smallest absolute Gasteiger partial charge is 0.397 e. The number of alkyl halides is 3. The number of fused-ring (bicyclic) bond motifs is 1. The third-order valence-electron chi connectivity index (χ3n) is 3.74. The predicted molar refractivity (Wildman–Crippen MR) is 78.2 cm³/mol. The fourth-order valence-corrected chi connectivity index (χ4v) is 2.62. The summed E-state index contributed by atoms with van der Waals surface area (Å²) in [6.45, 7) is 0. The van der Waals surface area contributed by atoms with Crippen molar-refractivity contribution in [3.05, 3.63) is 47.3 Å². The number of hydrogen-bond acceptors (Lipinski definition) is 2. The summed E-state index contributed by atoms with van der Waals surface area (Å²) >= 11 is 0. The molecule has 0 spiro atoms. The molecule has 0 saturated heterocycles. The highest BCUT2D eigenvalue weighted by molar-refractivity contribution is 5.98. The summed E-state index contributed by atoms with van der Waals surface area (Å²) in [6.07, 6.45) is -3.96. The number of nitrogens with one attached hydrogen (secondary N) is 1. The van der Waals surface area contributed by atoms with E-state index < -0.39 is 17.6 Å². The second-order valence-corrected chi connectivity index (χ2v) is 5.34. The van der Waals surface area contributed by atoms with Crippen LogP contribution in [0, 0.1) is 5.82 Å². The Kier molecular flexibility index (Phi) is 3.50. The van der Waals surface area contributed by atoms with Gasteiger partial charge in [-0.05, 0) is 47.4 Å². The maximum absolute atomic E-state index is 13.7. The number of aryl methyl sites for hydroxylation is 1. The van der Waals surface area contributed by atoms with Crippen molar-refractivity contribution < 1.29 is 22.4 Å². The lowest BCUT2D eigenvalue weighted by Gasteiger charge is -2.20. The van der Waals surface area contributed by atoms with Crippen LogP contribution in [0.4, 0.5) is 28.9 Å². The molecule has 3 rings (SSSR count). The first-order chi connectivity index (χ1) is 10.8. The highest BCUT2D eigenvalue weighted by Gasteiger charge is 2.34. The van der Waals surface area contributed by atoms with Crippen LogP contribution >= 0.6 is 0 Å². The monoisotopic (exact) mass is 324 g/mol. The maximum atomic E-state index is 13.7. The van der Waals surface area contributed by atoms with Crippen LogP contribution in [0.2, 0.25) is 0 Å². The summed E-state index contributed by atoms with van der Waals surface area (Å²) in [5.74, 6) is -1.47. The zero-order valence-corrected chi connectivity index (χ0v) is 11.8. The van der Waals surface area contributed by atoms with Crippen LogP contribution in [-0.2, 0) is 17.4 Å². The van der Waals surface area contributed by atoms with Crippen molar-refractivity contribution in [2.45, 2.75) is 19.0 Å². The molecule has 0 aliphatic carbocycles. The van der Waals surface area contributed by atoms with E-state index in [0.717, 1.165) is 11.6 Å². The average Bonchev–Trinajstić information content (AvgIpc) is 2.46. The normalized spacial score (nSPS) is 14.3. The Labute approximate surface area is 129 Å². The summed E-state index contributed by atoms with van der Waals surface area (Å²) in [6, 6.07) is 5.96. The van der Waals surface area contributed by atoms with Crippen molar-refractivity contribution in [3.8, 4) is 11.1 Å². The number of nitrogen functional groups attached to an aromatic ring is 1. The van der Waals surface area contributed by atoms with Gasteiger partial charge in [0.1, 0.15) is 5.82 Å². The summed E-state index contributed by atoms with van der Waals surface area (Å²) < 4.78 is 51.5. The summed E-state index contributed by atoms with van der Waals surface area (Å²) in [7, 11) is 0. The summed E-state index contributed by atoms with van der Waals surface area (Å²) in [5.41, 5.74) is 6.97. The quantitative estimate of drug-likeness (QED) is 0.616. The van der Waals surface area contributed by atoms with E-state index in [0.29, 0.717) is 41.4 Å². The number of carbonyl (C=O) groups excluding carboxylic acids is 1. The number of rotatable bonds is 1. The molecule has 1 amide bonds. The third-order valence-corrected chi connectivity index (χ3v) is 3.74. The van der Waals surface area contributed by atoms with Gasteiger partial charge >= 0.3 is 6.18 Å². The molecule has 23 heavy (non-hydrogen) atoms. The Morgan fingerprint density at radius 1 is 1.04 bits per heavy atom. The molecule has 7 heteroatoms. The lowest BCUT2D eigenvalue weighted by molar-refractivity contribution is -0.140. The first-order valence-corrected chi connectivity index (χ1v) is 6.85. The fraction of sp³-hybridized carbons (Fsp3) is 0.188. The van der Waals surface area contributed by atoms with Crippen LogP contribution < -0.4 is 11.1 Å². The van der Waals surface area contributed by atoms with Crippen molar-refractivity contribution in [2.75, 3.05) is 11.1 Å². The average molecular weight is 324 g/mol. The van der Waals surface area contributed by atoms with Crippen molar-refractivity contribution in [2.24, 2.45) is 0 Å². The molecule has 2 aromatic rings. The van der Waals surface area contributed by atoms with Crippen molar-refractivity contribution in [1.82, 2.24) is 0 Å². The van der Waals surface area contributed by atoms with Gasteiger partial charge in [0.05, 0.1) is 16.9 Å². The van der Waals surface area contributed by atoms with E-state index in [2.05, 4.69) is 5.32 Å². The number of carbonyl (C=O) groups is 1. The highest BCUT2D eigenvalue weighted by Crippen LogP contribution is 2.37. The first kappa shape index (κ1) is 15.3. The molecule has 1 aliphatic rings. The van der Waals surface area contributed by atoms with Gasteiger partial charge in [0.25, 0.3) is 0 Å². The SMILES string of the molecule is Nc1cc(-c2ccc(C(F)(F)F)c(F)c2)cc2c1NC(=O)CC2.